The predicted octanol–water partition coefficient (Wildman–Crippen LogP) is 6.24. The Morgan fingerprint density at radius 2 is 1.38 bits per heavy atom. The number of thiol groups is 2. The summed E-state index contributed by atoms with van der Waals surface area (Å²) in [6, 6.07) is 7.81. The van der Waals surface area contributed by atoms with E-state index in [4.69, 9.17) is 19.9 Å². The first-order valence-corrected chi connectivity index (χ1v) is 16.1. The van der Waals surface area contributed by atoms with E-state index in [-0.39, 0.29) is 29.9 Å². The largest absolute Gasteiger partial charge is 2.00 e. The SMILES string of the molecule is C=C(S)C1=C(C)c2cc3[n-]c(cc4nc(cc5[n-]c(cc1n2)c(C)c5[C@H]1C[SH+]1)C(C)=C4CCC(=O)O)c(CCC(=O)O)c3C.[Fe+2]. The van der Waals surface area contributed by atoms with Gasteiger partial charge in [-0.3, -0.25) is 9.59 Å². The molecule has 3 aromatic heterocycles. The van der Waals surface area contributed by atoms with Crippen LogP contribution < -0.4 is 9.97 Å². The van der Waals surface area contributed by atoms with Gasteiger partial charge in [0.05, 0.1) is 22.8 Å². The summed E-state index contributed by atoms with van der Waals surface area (Å²) < 4.78 is 0. The fourth-order valence-electron chi connectivity index (χ4n) is 6.10. The molecule has 3 aromatic rings. The number of aliphatic carboxylic acids is 2. The number of aryl methyl sites for hydroxylation is 3. The minimum absolute atomic E-state index is 0. The van der Waals surface area contributed by atoms with Gasteiger partial charge in [-0.05, 0) is 74.6 Å². The maximum Gasteiger partial charge on any atom is 2.00 e. The van der Waals surface area contributed by atoms with Crippen molar-refractivity contribution in [2.24, 2.45) is 0 Å². The zero-order valence-corrected chi connectivity index (χ0v) is 28.3. The first-order valence-electron chi connectivity index (χ1n) is 14.5. The Bertz CT molecular complexity index is 2020. The average molecular weight is 682 g/mol. The molecule has 0 aromatic carbocycles. The monoisotopic (exact) mass is 681 g/mol. The second-order valence-electron chi connectivity index (χ2n) is 11.5. The summed E-state index contributed by atoms with van der Waals surface area (Å²) in [6.45, 7) is 12.1. The maximum absolute atomic E-state index is 11.6. The molecule has 232 valence electrons. The van der Waals surface area contributed by atoms with E-state index in [0.29, 0.717) is 39.7 Å². The van der Waals surface area contributed by atoms with Crippen molar-refractivity contribution < 1.29 is 36.9 Å². The fraction of sp³-hybridized carbons (Fsp3) is 0.294. The van der Waals surface area contributed by atoms with Crippen molar-refractivity contribution in [1.82, 2.24) is 19.9 Å². The van der Waals surface area contributed by atoms with Crippen LogP contribution in [-0.4, -0.2) is 37.9 Å². The van der Waals surface area contributed by atoms with Crippen LogP contribution in [0.1, 0.15) is 83.4 Å². The van der Waals surface area contributed by atoms with Crippen LogP contribution in [0.25, 0.3) is 44.4 Å². The van der Waals surface area contributed by atoms with E-state index in [2.05, 4.69) is 26.1 Å². The second-order valence-corrected chi connectivity index (χ2v) is 13.4. The minimum atomic E-state index is -0.894. The summed E-state index contributed by atoms with van der Waals surface area (Å²) >= 11 is 5.98. The Labute approximate surface area is 281 Å². The molecule has 6 heterocycles. The van der Waals surface area contributed by atoms with Gasteiger partial charge in [0.1, 0.15) is 0 Å². The van der Waals surface area contributed by atoms with Gasteiger partial charge < -0.3 is 20.2 Å². The van der Waals surface area contributed by atoms with Crippen molar-refractivity contribution in [3.05, 3.63) is 80.8 Å². The van der Waals surface area contributed by atoms with Crippen LogP contribution in [0.3, 0.4) is 0 Å². The first kappa shape index (κ1) is 32.9. The first-order chi connectivity index (χ1) is 20.9. The molecule has 0 saturated carbocycles. The van der Waals surface area contributed by atoms with Crippen molar-refractivity contribution in [3.63, 3.8) is 0 Å². The number of fused-ring (bicyclic) bond motifs is 8. The molecule has 8 bridgehead atoms. The Kier molecular flexibility index (Phi) is 9.29. The van der Waals surface area contributed by atoms with Crippen LogP contribution >= 0.6 is 12.6 Å². The third-order valence-electron chi connectivity index (χ3n) is 8.59. The molecule has 6 rings (SSSR count). The van der Waals surface area contributed by atoms with E-state index in [0.717, 1.165) is 72.9 Å². The van der Waals surface area contributed by atoms with Crippen LogP contribution in [-0.2, 0) is 44.8 Å². The Morgan fingerprint density at radius 3 is 2.02 bits per heavy atom. The number of carboxylic acid groups (broad SMARTS) is 2. The molecule has 1 atom stereocenters. The summed E-state index contributed by atoms with van der Waals surface area (Å²) in [6.07, 6.45) is 0.528. The molecule has 2 N–H and O–H groups in total. The quantitative estimate of drug-likeness (QED) is 0.110. The zero-order valence-electron chi connectivity index (χ0n) is 25.4. The molecule has 0 unspecified atom stereocenters. The molecule has 3 aliphatic rings. The van der Waals surface area contributed by atoms with Gasteiger partial charge in [0, 0.05) is 23.3 Å². The van der Waals surface area contributed by atoms with Crippen molar-refractivity contribution in [2.45, 2.75) is 58.6 Å². The average Bonchev–Trinajstić information content (AvgIpc) is 3.49. The van der Waals surface area contributed by atoms with Crippen LogP contribution in [0.15, 0.2) is 35.7 Å². The van der Waals surface area contributed by atoms with Crippen molar-refractivity contribution in [3.8, 4) is 0 Å². The van der Waals surface area contributed by atoms with Crippen LogP contribution in [0, 0.1) is 13.8 Å². The van der Waals surface area contributed by atoms with Crippen molar-refractivity contribution >= 4 is 80.7 Å². The van der Waals surface area contributed by atoms with Gasteiger partial charge in [-0.15, -0.1) is 34.7 Å². The number of nitrogens with zero attached hydrogens (tertiary/aromatic N) is 4. The number of carboxylic acids is 2. The van der Waals surface area contributed by atoms with Gasteiger partial charge in [0.2, 0.25) is 0 Å². The van der Waals surface area contributed by atoms with Crippen molar-refractivity contribution in [2.75, 3.05) is 5.75 Å². The number of aromatic nitrogens is 4. The van der Waals surface area contributed by atoms with E-state index in [9.17, 15) is 19.8 Å². The van der Waals surface area contributed by atoms with E-state index in [1.165, 1.54) is 17.3 Å². The van der Waals surface area contributed by atoms with Crippen LogP contribution in [0.4, 0.5) is 0 Å². The predicted molar refractivity (Wildman–Crippen MR) is 181 cm³/mol. The third kappa shape index (κ3) is 6.31. The third-order valence-corrected chi connectivity index (χ3v) is 9.81. The van der Waals surface area contributed by atoms with E-state index < -0.39 is 11.9 Å². The van der Waals surface area contributed by atoms with Crippen LogP contribution in [0.5, 0.6) is 0 Å². The molecule has 8 nitrogen and oxygen atoms in total. The van der Waals surface area contributed by atoms with Gasteiger partial charge in [0.15, 0.2) is 11.0 Å². The van der Waals surface area contributed by atoms with Crippen LogP contribution in [0.2, 0.25) is 0 Å². The van der Waals surface area contributed by atoms with Gasteiger partial charge in [0.25, 0.3) is 0 Å². The minimum Gasteiger partial charge on any atom is -0.657 e. The number of hydrogen-bond donors (Lipinski definition) is 3. The number of carbonyl (C=O) groups is 2. The topological polar surface area (TPSA) is 129 Å². The summed E-state index contributed by atoms with van der Waals surface area (Å²) in [5.74, 6) is -0.696. The molecule has 45 heavy (non-hydrogen) atoms. The fourth-order valence-corrected chi connectivity index (χ4v) is 7.18. The number of rotatable bonds is 8. The Hall–Kier alpha value is -3.50. The molecular weight excluding hydrogens is 648 g/mol. The molecule has 1 fully saturated rings. The smallest absolute Gasteiger partial charge is 0.657 e. The Morgan fingerprint density at radius 1 is 0.844 bits per heavy atom. The molecule has 11 heteroatoms. The Balaban J connectivity index is 0.00000400. The molecule has 0 aliphatic carbocycles. The standard InChI is InChI=1S/C34H34N4O4S2.Fe/c1-15-20(6-8-31(39)40)26-13-27-21(7-9-32(41)42)16(2)23(36-27)11-29-34(30-14-44-30)18(4)25(38-29)12-28-33(19(5)43)17(3)24(37-28)10-22(15)35-26;/h10-13,30H,5-9,14H2,1-4H3,(H5,35,36,37,38,39,40,41,42,43);/q;+2/p-1/t30-;/m1./s1. The summed E-state index contributed by atoms with van der Waals surface area (Å²) in [4.78, 5) is 43.8. The molecule has 3 aliphatic heterocycles. The molecule has 0 radical (unpaired) electrons. The van der Waals surface area contributed by atoms with Gasteiger partial charge >= 0.3 is 29.0 Å². The van der Waals surface area contributed by atoms with Gasteiger partial charge in [-0.2, -0.15) is 0 Å². The maximum atomic E-state index is 11.6. The molecular formula is C34H33FeN4O4S2+. The van der Waals surface area contributed by atoms with Crippen molar-refractivity contribution in [1.29, 1.82) is 0 Å². The number of allylic oxidation sites excluding steroid dienone is 4. The number of hydrogen-bond acceptors (Lipinski definition) is 5. The molecule has 0 amide bonds. The summed E-state index contributed by atoms with van der Waals surface area (Å²) in [5, 5.41) is 19.4. The molecule has 0 spiro atoms. The van der Waals surface area contributed by atoms with E-state index >= 15 is 0 Å². The van der Waals surface area contributed by atoms with E-state index in [1.807, 2.05) is 45.0 Å². The zero-order chi connectivity index (χ0) is 31.4. The molecule has 1 saturated heterocycles. The normalized spacial score (nSPS) is 15.7. The van der Waals surface area contributed by atoms with Gasteiger partial charge in [-0.25, -0.2) is 9.97 Å². The summed E-state index contributed by atoms with van der Waals surface area (Å²) in [7, 11) is 0. The van der Waals surface area contributed by atoms with Gasteiger partial charge in [-0.1, -0.05) is 47.5 Å². The second kappa shape index (κ2) is 12.7. The summed E-state index contributed by atoms with van der Waals surface area (Å²) in [5.41, 5.74) is 13.4. The van der Waals surface area contributed by atoms with E-state index in [1.54, 1.807) is 0 Å².